The number of nitrogens with zero attached hydrogens (tertiary/aromatic N) is 1. The van der Waals surface area contributed by atoms with Gasteiger partial charge in [-0.25, -0.2) is 0 Å². The van der Waals surface area contributed by atoms with Crippen LogP contribution in [0.25, 0.3) is 10.8 Å². The minimum absolute atomic E-state index is 0.153. The number of benzene rings is 1. The van der Waals surface area contributed by atoms with Crippen LogP contribution < -0.4 is 5.32 Å². The van der Waals surface area contributed by atoms with Crippen molar-refractivity contribution in [1.82, 2.24) is 10.3 Å². The summed E-state index contributed by atoms with van der Waals surface area (Å²) in [6.45, 7) is 2.11. The van der Waals surface area contributed by atoms with E-state index in [2.05, 4.69) is 29.4 Å². The highest BCUT2D eigenvalue weighted by Crippen LogP contribution is 2.33. The molecule has 2 atom stereocenters. The first-order valence-corrected chi connectivity index (χ1v) is 6.41. The molecule has 2 heterocycles. The molecule has 3 nitrogen and oxygen atoms in total. The van der Waals surface area contributed by atoms with Crippen LogP contribution in [0.15, 0.2) is 36.7 Å². The van der Waals surface area contributed by atoms with Crippen molar-refractivity contribution >= 4 is 16.7 Å². The molecule has 0 spiro atoms. The molecule has 0 bridgehead atoms. The third kappa shape index (κ3) is 1.76. The van der Waals surface area contributed by atoms with Gasteiger partial charge in [0.15, 0.2) is 0 Å². The monoisotopic (exact) mass is 240 g/mol. The standard InChI is InChI=1S/C15H16N2O/c1-2-14-12(7-15(18)17-14)13-9-16-8-10-5-3-4-6-11(10)13/h3-6,8-9,12,14H,2,7H2,1H3,(H,17,18). The Morgan fingerprint density at radius 2 is 2.17 bits per heavy atom. The number of pyridine rings is 1. The van der Waals surface area contributed by atoms with Gasteiger partial charge in [-0.05, 0) is 17.4 Å². The lowest BCUT2D eigenvalue weighted by Crippen LogP contribution is -2.27. The fourth-order valence-corrected chi connectivity index (χ4v) is 2.86. The molecule has 1 aliphatic rings. The number of aromatic nitrogens is 1. The highest BCUT2D eigenvalue weighted by atomic mass is 16.2. The predicted molar refractivity (Wildman–Crippen MR) is 71.3 cm³/mol. The van der Waals surface area contributed by atoms with Gasteiger partial charge in [0.2, 0.25) is 5.91 Å². The lowest BCUT2D eigenvalue weighted by Gasteiger charge is -2.18. The van der Waals surface area contributed by atoms with Gasteiger partial charge in [-0.15, -0.1) is 0 Å². The molecule has 0 radical (unpaired) electrons. The maximum atomic E-state index is 11.6. The van der Waals surface area contributed by atoms with Crippen LogP contribution in [-0.2, 0) is 4.79 Å². The van der Waals surface area contributed by atoms with Crippen LogP contribution in [-0.4, -0.2) is 16.9 Å². The molecule has 2 aromatic rings. The Labute approximate surface area is 106 Å². The minimum Gasteiger partial charge on any atom is -0.353 e. The Morgan fingerprint density at radius 3 is 3.00 bits per heavy atom. The summed E-state index contributed by atoms with van der Waals surface area (Å²) in [5.74, 6) is 0.404. The van der Waals surface area contributed by atoms with Crippen molar-refractivity contribution in [2.24, 2.45) is 0 Å². The van der Waals surface area contributed by atoms with Crippen LogP contribution in [0.4, 0.5) is 0 Å². The zero-order valence-electron chi connectivity index (χ0n) is 10.4. The number of carbonyl (C=O) groups excluding carboxylic acids is 1. The normalized spacial score (nSPS) is 23.3. The molecular weight excluding hydrogens is 224 g/mol. The van der Waals surface area contributed by atoms with Gasteiger partial charge in [0.1, 0.15) is 0 Å². The van der Waals surface area contributed by atoms with Crippen molar-refractivity contribution in [3.63, 3.8) is 0 Å². The topological polar surface area (TPSA) is 42.0 Å². The molecule has 1 aromatic heterocycles. The molecule has 1 aliphatic heterocycles. The van der Waals surface area contributed by atoms with Crippen molar-refractivity contribution in [2.45, 2.75) is 31.7 Å². The van der Waals surface area contributed by atoms with Crippen molar-refractivity contribution < 1.29 is 4.79 Å². The first-order chi connectivity index (χ1) is 8.79. The molecule has 1 aromatic carbocycles. The van der Waals surface area contributed by atoms with E-state index in [0.717, 1.165) is 11.8 Å². The SMILES string of the molecule is CCC1NC(=O)CC1c1cncc2ccccc12. The number of carbonyl (C=O) groups is 1. The van der Waals surface area contributed by atoms with Crippen LogP contribution in [0.5, 0.6) is 0 Å². The number of hydrogen-bond donors (Lipinski definition) is 1. The maximum Gasteiger partial charge on any atom is 0.220 e. The average Bonchev–Trinajstić information content (AvgIpc) is 2.79. The van der Waals surface area contributed by atoms with Gasteiger partial charge < -0.3 is 5.32 Å². The van der Waals surface area contributed by atoms with E-state index in [1.54, 1.807) is 0 Å². The summed E-state index contributed by atoms with van der Waals surface area (Å²) < 4.78 is 0. The number of amides is 1. The summed E-state index contributed by atoms with van der Waals surface area (Å²) in [6.07, 6.45) is 5.33. The van der Waals surface area contributed by atoms with E-state index in [-0.39, 0.29) is 17.9 Å². The Kier molecular flexibility index (Phi) is 2.74. The number of fused-ring (bicyclic) bond motifs is 1. The van der Waals surface area contributed by atoms with Gasteiger partial charge in [0.25, 0.3) is 0 Å². The average molecular weight is 240 g/mol. The maximum absolute atomic E-state index is 11.6. The van der Waals surface area contributed by atoms with E-state index in [1.807, 2.05) is 24.5 Å². The third-order valence-electron chi connectivity index (χ3n) is 3.78. The lowest BCUT2D eigenvalue weighted by atomic mass is 9.88. The van der Waals surface area contributed by atoms with Crippen LogP contribution in [0.3, 0.4) is 0 Å². The summed E-state index contributed by atoms with van der Waals surface area (Å²) >= 11 is 0. The summed E-state index contributed by atoms with van der Waals surface area (Å²) in [5.41, 5.74) is 1.19. The highest BCUT2D eigenvalue weighted by molar-refractivity contribution is 5.87. The Balaban J connectivity index is 2.11. The fourth-order valence-electron chi connectivity index (χ4n) is 2.86. The van der Waals surface area contributed by atoms with Crippen molar-refractivity contribution in [2.75, 3.05) is 0 Å². The van der Waals surface area contributed by atoms with Gasteiger partial charge in [-0.1, -0.05) is 31.2 Å². The van der Waals surface area contributed by atoms with Gasteiger partial charge >= 0.3 is 0 Å². The predicted octanol–water partition coefficient (Wildman–Crippen LogP) is 2.62. The van der Waals surface area contributed by atoms with E-state index >= 15 is 0 Å². The molecule has 3 heteroatoms. The van der Waals surface area contributed by atoms with E-state index < -0.39 is 0 Å². The van der Waals surface area contributed by atoms with Gasteiger partial charge in [-0.3, -0.25) is 9.78 Å². The zero-order chi connectivity index (χ0) is 12.5. The molecule has 92 valence electrons. The van der Waals surface area contributed by atoms with Crippen molar-refractivity contribution in [3.8, 4) is 0 Å². The van der Waals surface area contributed by atoms with E-state index in [0.29, 0.717) is 6.42 Å². The van der Waals surface area contributed by atoms with Crippen LogP contribution in [0.2, 0.25) is 0 Å². The highest BCUT2D eigenvalue weighted by Gasteiger charge is 2.33. The molecule has 1 saturated heterocycles. The number of rotatable bonds is 2. The van der Waals surface area contributed by atoms with Gasteiger partial charge in [0, 0.05) is 36.2 Å². The van der Waals surface area contributed by atoms with E-state index in [4.69, 9.17) is 0 Å². The molecule has 0 saturated carbocycles. The largest absolute Gasteiger partial charge is 0.353 e. The Bertz CT molecular complexity index is 589. The van der Waals surface area contributed by atoms with E-state index in [1.165, 1.54) is 10.9 Å². The van der Waals surface area contributed by atoms with Gasteiger partial charge in [0.05, 0.1) is 0 Å². The van der Waals surface area contributed by atoms with Crippen molar-refractivity contribution in [3.05, 3.63) is 42.2 Å². The summed E-state index contributed by atoms with van der Waals surface area (Å²) in [7, 11) is 0. The van der Waals surface area contributed by atoms with E-state index in [9.17, 15) is 4.79 Å². The summed E-state index contributed by atoms with van der Waals surface area (Å²) in [4.78, 5) is 15.9. The Hall–Kier alpha value is -1.90. The third-order valence-corrected chi connectivity index (χ3v) is 3.78. The zero-order valence-corrected chi connectivity index (χ0v) is 10.4. The molecule has 1 N–H and O–H groups in total. The molecule has 2 unspecified atom stereocenters. The quantitative estimate of drug-likeness (QED) is 0.876. The minimum atomic E-state index is 0.153. The molecule has 1 amide bonds. The molecule has 3 rings (SSSR count). The van der Waals surface area contributed by atoms with Crippen molar-refractivity contribution in [1.29, 1.82) is 0 Å². The van der Waals surface area contributed by atoms with Crippen LogP contribution in [0.1, 0.15) is 31.2 Å². The lowest BCUT2D eigenvalue weighted by molar-refractivity contribution is -0.119. The van der Waals surface area contributed by atoms with Crippen LogP contribution in [0, 0.1) is 0 Å². The van der Waals surface area contributed by atoms with Gasteiger partial charge in [-0.2, -0.15) is 0 Å². The molecular formula is C15H16N2O. The second kappa shape index (κ2) is 4.41. The second-order valence-corrected chi connectivity index (χ2v) is 4.84. The summed E-state index contributed by atoms with van der Waals surface area (Å²) in [5, 5.41) is 5.41. The first kappa shape index (κ1) is 11.2. The first-order valence-electron chi connectivity index (χ1n) is 6.41. The fraction of sp³-hybridized carbons (Fsp3) is 0.333. The van der Waals surface area contributed by atoms with Crippen LogP contribution >= 0.6 is 0 Å². The second-order valence-electron chi connectivity index (χ2n) is 4.84. The molecule has 18 heavy (non-hydrogen) atoms. The number of nitrogens with one attached hydrogen (secondary N) is 1. The summed E-state index contributed by atoms with van der Waals surface area (Å²) in [6, 6.07) is 8.48. The number of hydrogen-bond acceptors (Lipinski definition) is 2. The smallest absolute Gasteiger partial charge is 0.220 e. The molecule has 0 aliphatic carbocycles. The Morgan fingerprint density at radius 1 is 1.33 bits per heavy atom. The molecule has 1 fully saturated rings.